The molecule has 2 amide bonds. The van der Waals surface area contributed by atoms with Gasteiger partial charge in [0, 0.05) is 52.4 Å². The summed E-state index contributed by atoms with van der Waals surface area (Å²) in [5, 5.41) is 11.6. The molecule has 1 saturated heterocycles. The summed E-state index contributed by atoms with van der Waals surface area (Å²) in [6.07, 6.45) is 2.81. The molecule has 0 aromatic carbocycles. The molecule has 2 aliphatic rings. The van der Waals surface area contributed by atoms with E-state index in [1.807, 2.05) is 0 Å². The minimum absolute atomic E-state index is 0.277. The lowest BCUT2D eigenvalue weighted by Gasteiger charge is -2.35. The summed E-state index contributed by atoms with van der Waals surface area (Å²) in [4.78, 5) is 27.2. The van der Waals surface area contributed by atoms with Crippen LogP contribution in [0.4, 0.5) is 4.79 Å². The molecule has 1 saturated carbocycles. The van der Waals surface area contributed by atoms with Crippen LogP contribution >= 0.6 is 0 Å². The fourth-order valence-electron chi connectivity index (χ4n) is 2.46. The van der Waals surface area contributed by atoms with E-state index in [-0.39, 0.29) is 12.5 Å². The number of rotatable bonds is 6. The van der Waals surface area contributed by atoms with E-state index in [0.29, 0.717) is 25.7 Å². The van der Waals surface area contributed by atoms with E-state index in [0.717, 1.165) is 13.1 Å². The van der Waals surface area contributed by atoms with Gasteiger partial charge in [-0.05, 0) is 12.8 Å². The smallest absolute Gasteiger partial charge is 0.326 e. The Bertz CT molecular complexity index is 352. The fourth-order valence-corrected chi connectivity index (χ4v) is 2.46. The van der Waals surface area contributed by atoms with Gasteiger partial charge in [0.25, 0.3) is 0 Å². The minimum atomic E-state index is -1.02. The molecule has 1 aliphatic heterocycles. The second kappa shape index (κ2) is 6.90. The number of piperazine rings is 1. The Morgan fingerprint density at radius 2 is 1.95 bits per heavy atom. The van der Waals surface area contributed by atoms with Crippen molar-refractivity contribution in [1.82, 2.24) is 15.1 Å². The molecule has 1 aliphatic carbocycles. The van der Waals surface area contributed by atoms with Crippen LogP contribution in [0.25, 0.3) is 0 Å². The number of amides is 2. The molecule has 2 rings (SSSR count). The Balaban J connectivity index is 1.76. The van der Waals surface area contributed by atoms with E-state index in [2.05, 4.69) is 10.2 Å². The summed E-state index contributed by atoms with van der Waals surface area (Å²) in [7, 11) is 1.51. The average molecular weight is 285 g/mol. The number of ether oxygens (including phenoxy) is 1. The van der Waals surface area contributed by atoms with E-state index in [9.17, 15) is 9.59 Å². The summed E-state index contributed by atoms with van der Waals surface area (Å²) in [5.41, 5.74) is 0. The number of hydrogen-bond acceptors (Lipinski definition) is 4. The number of aliphatic carboxylic acids is 1. The van der Waals surface area contributed by atoms with Crippen LogP contribution in [0.1, 0.15) is 19.3 Å². The van der Waals surface area contributed by atoms with E-state index >= 15 is 0 Å². The van der Waals surface area contributed by atoms with Crippen molar-refractivity contribution in [2.24, 2.45) is 0 Å². The van der Waals surface area contributed by atoms with Crippen LogP contribution in [0, 0.1) is 0 Å². The number of nitrogens with one attached hydrogen (secondary N) is 1. The van der Waals surface area contributed by atoms with Gasteiger partial charge < -0.3 is 20.1 Å². The summed E-state index contributed by atoms with van der Waals surface area (Å²) in [6, 6.07) is -0.457. The third kappa shape index (κ3) is 4.08. The highest BCUT2D eigenvalue weighted by molar-refractivity contribution is 5.82. The zero-order valence-electron chi connectivity index (χ0n) is 11.9. The highest BCUT2D eigenvalue weighted by Gasteiger charge is 2.33. The largest absolute Gasteiger partial charge is 0.480 e. The van der Waals surface area contributed by atoms with Crippen LogP contribution < -0.4 is 5.32 Å². The standard InChI is InChI=1S/C13H23N3O4/c1-20-9-4-11(12(17)18)14-13(19)16-7-5-15(6-8-16)10-2-3-10/h10-11H,2-9H2,1H3,(H,14,19)(H,17,18). The van der Waals surface area contributed by atoms with Crippen LogP contribution in [0.3, 0.4) is 0 Å². The topological polar surface area (TPSA) is 82.1 Å². The predicted molar refractivity (Wildman–Crippen MR) is 72.6 cm³/mol. The molecule has 1 unspecified atom stereocenters. The molecule has 7 heteroatoms. The number of carbonyl (C=O) groups excluding carboxylic acids is 1. The lowest BCUT2D eigenvalue weighted by atomic mass is 10.2. The van der Waals surface area contributed by atoms with Gasteiger partial charge in [-0.2, -0.15) is 0 Å². The van der Waals surface area contributed by atoms with Crippen LogP contribution in [-0.2, 0) is 9.53 Å². The molecular formula is C13H23N3O4. The van der Waals surface area contributed by atoms with Gasteiger partial charge in [-0.25, -0.2) is 9.59 Å². The summed E-state index contributed by atoms with van der Waals surface area (Å²) >= 11 is 0. The maximum atomic E-state index is 12.1. The number of nitrogens with zero attached hydrogens (tertiary/aromatic N) is 2. The molecule has 114 valence electrons. The zero-order chi connectivity index (χ0) is 14.5. The quantitative estimate of drug-likeness (QED) is 0.716. The molecule has 0 aromatic rings. The van der Waals surface area contributed by atoms with Crippen LogP contribution in [0.15, 0.2) is 0 Å². The van der Waals surface area contributed by atoms with Gasteiger partial charge >= 0.3 is 12.0 Å². The Labute approximate surface area is 118 Å². The maximum Gasteiger partial charge on any atom is 0.326 e. The van der Waals surface area contributed by atoms with Gasteiger partial charge in [-0.3, -0.25) is 4.90 Å². The van der Waals surface area contributed by atoms with Crippen molar-refractivity contribution in [1.29, 1.82) is 0 Å². The Morgan fingerprint density at radius 1 is 1.30 bits per heavy atom. The van der Waals surface area contributed by atoms with Crippen LogP contribution in [0.2, 0.25) is 0 Å². The Kier molecular flexibility index (Phi) is 5.19. The Hall–Kier alpha value is -1.34. The molecule has 20 heavy (non-hydrogen) atoms. The highest BCUT2D eigenvalue weighted by Crippen LogP contribution is 2.27. The molecule has 1 atom stereocenters. The molecule has 0 radical (unpaired) electrons. The summed E-state index contributed by atoms with van der Waals surface area (Å²) in [6.45, 7) is 3.41. The molecule has 0 spiro atoms. The third-order valence-corrected chi connectivity index (χ3v) is 3.87. The maximum absolute atomic E-state index is 12.1. The first-order valence-electron chi connectivity index (χ1n) is 7.13. The van der Waals surface area contributed by atoms with Crippen LogP contribution in [-0.4, -0.2) is 78.9 Å². The van der Waals surface area contributed by atoms with Crippen molar-refractivity contribution in [3.05, 3.63) is 0 Å². The van der Waals surface area contributed by atoms with Crippen molar-refractivity contribution in [2.75, 3.05) is 39.9 Å². The molecule has 2 N–H and O–H groups in total. The van der Waals surface area contributed by atoms with E-state index < -0.39 is 12.0 Å². The van der Waals surface area contributed by atoms with E-state index in [1.165, 1.54) is 20.0 Å². The monoisotopic (exact) mass is 285 g/mol. The van der Waals surface area contributed by atoms with E-state index in [4.69, 9.17) is 9.84 Å². The molecule has 7 nitrogen and oxygen atoms in total. The zero-order valence-corrected chi connectivity index (χ0v) is 11.9. The van der Waals surface area contributed by atoms with Gasteiger partial charge in [0.05, 0.1) is 0 Å². The number of urea groups is 1. The van der Waals surface area contributed by atoms with Gasteiger partial charge in [-0.15, -0.1) is 0 Å². The van der Waals surface area contributed by atoms with Crippen molar-refractivity contribution in [2.45, 2.75) is 31.3 Å². The second-order valence-electron chi connectivity index (χ2n) is 5.38. The van der Waals surface area contributed by atoms with Gasteiger partial charge in [-0.1, -0.05) is 0 Å². The van der Waals surface area contributed by atoms with Gasteiger partial charge in [0.15, 0.2) is 0 Å². The SMILES string of the molecule is COCCC(NC(=O)N1CCN(C2CC2)CC1)C(=O)O. The first kappa shape index (κ1) is 15.1. The minimum Gasteiger partial charge on any atom is -0.480 e. The number of carboxylic acids is 1. The van der Waals surface area contributed by atoms with Crippen molar-refractivity contribution >= 4 is 12.0 Å². The molecule has 1 heterocycles. The summed E-state index contributed by atoms with van der Waals surface area (Å²) < 4.78 is 4.86. The lowest BCUT2D eigenvalue weighted by molar-refractivity contribution is -0.139. The van der Waals surface area contributed by atoms with Crippen molar-refractivity contribution in [3.8, 4) is 0 Å². The first-order valence-corrected chi connectivity index (χ1v) is 7.13. The molecule has 0 bridgehead atoms. The normalized spacial score (nSPS) is 21.6. The lowest BCUT2D eigenvalue weighted by Crippen LogP contribution is -2.55. The predicted octanol–water partition coefficient (Wildman–Crippen LogP) is -0.0343. The molecular weight excluding hydrogens is 262 g/mol. The number of carbonyl (C=O) groups is 2. The first-order chi connectivity index (χ1) is 9.61. The molecule has 0 aromatic heterocycles. The highest BCUT2D eigenvalue weighted by atomic mass is 16.5. The number of hydrogen-bond donors (Lipinski definition) is 2. The van der Waals surface area contributed by atoms with Gasteiger partial charge in [0.1, 0.15) is 6.04 Å². The second-order valence-corrected chi connectivity index (χ2v) is 5.38. The van der Waals surface area contributed by atoms with Crippen molar-refractivity contribution < 1.29 is 19.4 Å². The van der Waals surface area contributed by atoms with Crippen molar-refractivity contribution in [3.63, 3.8) is 0 Å². The summed E-state index contributed by atoms with van der Waals surface area (Å²) in [5.74, 6) is -1.02. The van der Waals surface area contributed by atoms with E-state index in [1.54, 1.807) is 4.90 Å². The fraction of sp³-hybridized carbons (Fsp3) is 0.846. The molecule has 2 fully saturated rings. The Morgan fingerprint density at radius 3 is 2.45 bits per heavy atom. The van der Waals surface area contributed by atoms with Gasteiger partial charge in [0.2, 0.25) is 0 Å². The third-order valence-electron chi connectivity index (χ3n) is 3.87. The average Bonchev–Trinajstić information content (AvgIpc) is 3.27. The number of methoxy groups -OCH3 is 1. The van der Waals surface area contributed by atoms with Crippen LogP contribution in [0.5, 0.6) is 0 Å². The number of carboxylic acid groups (broad SMARTS) is 1.